The van der Waals surface area contributed by atoms with E-state index in [0.29, 0.717) is 11.3 Å². The quantitative estimate of drug-likeness (QED) is 0.757. The molecule has 2 rings (SSSR count). The van der Waals surface area contributed by atoms with Gasteiger partial charge in [-0.3, -0.25) is 0 Å². The predicted molar refractivity (Wildman–Crippen MR) is 66.1 cm³/mol. The number of ether oxygens (including phenoxy) is 1. The van der Waals surface area contributed by atoms with Gasteiger partial charge in [-0.2, -0.15) is 0 Å². The minimum absolute atomic E-state index is 0.317. The first kappa shape index (κ1) is 11.7. The highest BCUT2D eigenvalue weighted by molar-refractivity contribution is 5.92. The SMILES string of the molecule is COC(=O)c1ccc2c(c1C)CCCC=C2O. The van der Waals surface area contributed by atoms with Gasteiger partial charge >= 0.3 is 5.97 Å². The molecule has 90 valence electrons. The standard InChI is InChI=1S/C14H16O3/c1-9-10-5-3-4-6-13(15)12(10)8-7-11(9)14(16)17-2/h6-8,15H,3-5H2,1-2H3. The Morgan fingerprint density at radius 3 is 2.88 bits per heavy atom. The van der Waals surface area contributed by atoms with Crippen molar-refractivity contribution in [3.05, 3.63) is 40.5 Å². The van der Waals surface area contributed by atoms with Crippen molar-refractivity contribution in [2.24, 2.45) is 0 Å². The van der Waals surface area contributed by atoms with Crippen LogP contribution in [-0.4, -0.2) is 18.2 Å². The lowest BCUT2D eigenvalue weighted by Crippen LogP contribution is -2.07. The Morgan fingerprint density at radius 2 is 2.18 bits per heavy atom. The number of methoxy groups -OCH3 is 1. The van der Waals surface area contributed by atoms with Crippen LogP contribution >= 0.6 is 0 Å². The molecule has 0 aliphatic heterocycles. The zero-order valence-corrected chi connectivity index (χ0v) is 10.1. The summed E-state index contributed by atoms with van der Waals surface area (Å²) < 4.78 is 4.75. The number of allylic oxidation sites excluding steroid dienone is 1. The molecule has 0 amide bonds. The molecular weight excluding hydrogens is 216 g/mol. The van der Waals surface area contributed by atoms with Gasteiger partial charge in [-0.15, -0.1) is 0 Å². The second-order valence-electron chi connectivity index (χ2n) is 4.24. The topological polar surface area (TPSA) is 46.5 Å². The maximum absolute atomic E-state index is 11.6. The number of rotatable bonds is 1. The molecule has 0 heterocycles. The van der Waals surface area contributed by atoms with E-state index in [2.05, 4.69) is 0 Å². The highest BCUT2D eigenvalue weighted by atomic mass is 16.5. The van der Waals surface area contributed by atoms with Crippen LogP contribution in [0.25, 0.3) is 5.76 Å². The van der Waals surface area contributed by atoms with Crippen LogP contribution in [-0.2, 0) is 11.2 Å². The Hall–Kier alpha value is -1.77. The van der Waals surface area contributed by atoms with Gasteiger partial charge in [-0.25, -0.2) is 4.79 Å². The fourth-order valence-electron chi connectivity index (χ4n) is 2.28. The molecule has 0 bridgehead atoms. The van der Waals surface area contributed by atoms with E-state index in [-0.39, 0.29) is 5.97 Å². The number of esters is 1. The molecule has 17 heavy (non-hydrogen) atoms. The third-order valence-electron chi connectivity index (χ3n) is 3.25. The van der Waals surface area contributed by atoms with E-state index in [9.17, 15) is 9.90 Å². The van der Waals surface area contributed by atoms with Crippen LogP contribution in [0.1, 0.15) is 39.9 Å². The first-order valence-corrected chi connectivity index (χ1v) is 5.75. The molecule has 3 nitrogen and oxygen atoms in total. The molecule has 3 heteroatoms. The van der Waals surface area contributed by atoms with Gasteiger partial charge in [0.15, 0.2) is 0 Å². The molecule has 1 aromatic carbocycles. The van der Waals surface area contributed by atoms with Crippen molar-refractivity contribution in [2.75, 3.05) is 7.11 Å². The summed E-state index contributed by atoms with van der Waals surface area (Å²) in [5, 5.41) is 9.90. The average molecular weight is 232 g/mol. The van der Waals surface area contributed by atoms with E-state index < -0.39 is 0 Å². The maximum atomic E-state index is 11.6. The molecule has 1 aliphatic carbocycles. The molecule has 0 unspecified atom stereocenters. The van der Waals surface area contributed by atoms with Gasteiger partial charge in [0, 0.05) is 5.56 Å². The maximum Gasteiger partial charge on any atom is 0.338 e. The molecule has 0 atom stereocenters. The molecule has 1 aliphatic rings. The zero-order valence-electron chi connectivity index (χ0n) is 10.1. The summed E-state index contributed by atoms with van der Waals surface area (Å²) in [6.45, 7) is 1.91. The fraction of sp³-hybridized carbons (Fsp3) is 0.357. The number of carbonyl (C=O) groups excluding carboxylic acids is 1. The van der Waals surface area contributed by atoms with Crippen LogP contribution in [0, 0.1) is 6.92 Å². The van der Waals surface area contributed by atoms with Gasteiger partial charge in [0.2, 0.25) is 0 Å². The van der Waals surface area contributed by atoms with E-state index in [0.717, 1.165) is 36.0 Å². The number of carbonyl (C=O) groups is 1. The molecule has 0 fully saturated rings. The highest BCUT2D eigenvalue weighted by Gasteiger charge is 2.18. The van der Waals surface area contributed by atoms with Crippen LogP contribution in [0.3, 0.4) is 0 Å². The van der Waals surface area contributed by atoms with Crippen LogP contribution in [0.5, 0.6) is 0 Å². The van der Waals surface area contributed by atoms with Gasteiger partial charge in [0.25, 0.3) is 0 Å². The smallest absolute Gasteiger partial charge is 0.338 e. The third-order valence-corrected chi connectivity index (χ3v) is 3.25. The van der Waals surface area contributed by atoms with Gasteiger partial charge in [-0.05, 0) is 49.5 Å². The van der Waals surface area contributed by atoms with Crippen molar-refractivity contribution in [1.29, 1.82) is 0 Å². The van der Waals surface area contributed by atoms with Crippen LogP contribution < -0.4 is 0 Å². The summed E-state index contributed by atoms with van der Waals surface area (Å²) in [5.41, 5.74) is 3.39. The zero-order chi connectivity index (χ0) is 12.4. The summed E-state index contributed by atoms with van der Waals surface area (Å²) in [4.78, 5) is 11.6. The minimum Gasteiger partial charge on any atom is -0.508 e. The lowest BCUT2D eigenvalue weighted by atomic mass is 9.94. The van der Waals surface area contributed by atoms with E-state index in [1.165, 1.54) is 7.11 Å². The fourth-order valence-corrected chi connectivity index (χ4v) is 2.28. The summed E-state index contributed by atoms with van der Waals surface area (Å²) in [5.74, 6) is -0.00460. The number of hydrogen-bond donors (Lipinski definition) is 1. The van der Waals surface area contributed by atoms with E-state index in [4.69, 9.17) is 4.74 Å². The second kappa shape index (κ2) is 4.62. The van der Waals surface area contributed by atoms with Gasteiger partial charge in [-0.1, -0.05) is 6.07 Å². The van der Waals surface area contributed by atoms with Crippen LogP contribution in [0.15, 0.2) is 18.2 Å². The molecule has 0 radical (unpaired) electrons. The second-order valence-corrected chi connectivity index (χ2v) is 4.24. The lowest BCUT2D eigenvalue weighted by Gasteiger charge is -2.13. The first-order chi connectivity index (χ1) is 8.15. The Bertz CT molecular complexity index is 486. The number of aliphatic hydroxyl groups excluding tert-OH is 1. The largest absolute Gasteiger partial charge is 0.508 e. The van der Waals surface area contributed by atoms with Gasteiger partial charge < -0.3 is 9.84 Å². The normalized spacial score (nSPS) is 14.6. The Balaban J connectivity index is 2.56. The summed E-state index contributed by atoms with van der Waals surface area (Å²) in [6.07, 6.45) is 4.58. The molecule has 0 spiro atoms. The average Bonchev–Trinajstić information content (AvgIpc) is 2.52. The summed E-state index contributed by atoms with van der Waals surface area (Å²) in [6, 6.07) is 3.51. The van der Waals surface area contributed by atoms with E-state index in [1.54, 1.807) is 12.1 Å². The van der Waals surface area contributed by atoms with Crippen molar-refractivity contribution in [2.45, 2.75) is 26.2 Å². The number of hydrogen-bond acceptors (Lipinski definition) is 3. The lowest BCUT2D eigenvalue weighted by molar-refractivity contribution is 0.0599. The Morgan fingerprint density at radius 1 is 1.41 bits per heavy atom. The molecular formula is C14H16O3. The monoisotopic (exact) mass is 232 g/mol. The summed E-state index contributed by atoms with van der Waals surface area (Å²) in [7, 11) is 1.38. The number of aliphatic hydroxyl groups is 1. The third kappa shape index (κ3) is 2.05. The minimum atomic E-state index is -0.321. The van der Waals surface area contributed by atoms with Crippen molar-refractivity contribution in [3.63, 3.8) is 0 Å². The Kier molecular flexibility index (Phi) is 3.18. The van der Waals surface area contributed by atoms with E-state index in [1.807, 2.05) is 13.0 Å². The Labute approximate surface area is 101 Å². The van der Waals surface area contributed by atoms with Crippen molar-refractivity contribution in [1.82, 2.24) is 0 Å². The van der Waals surface area contributed by atoms with Crippen LogP contribution in [0.2, 0.25) is 0 Å². The summed E-state index contributed by atoms with van der Waals surface area (Å²) >= 11 is 0. The highest BCUT2D eigenvalue weighted by Crippen LogP contribution is 2.28. The van der Waals surface area contributed by atoms with Crippen LogP contribution in [0.4, 0.5) is 0 Å². The molecule has 0 saturated heterocycles. The van der Waals surface area contributed by atoms with Gasteiger partial charge in [0.05, 0.1) is 12.7 Å². The number of fused-ring (bicyclic) bond motifs is 1. The first-order valence-electron chi connectivity index (χ1n) is 5.75. The predicted octanol–water partition coefficient (Wildman–Crippen LogP) is 3.02. The van der Waals surface area contributed by atoms with E-state index >= 15 is 0 Å². The van der Waals surface area contributed by atoms with Crippen molar-refractivity contribution >= 4 is 11.7 Å². The molecule has 1 N–H and O–H groups in total. The van der Waals surface area contributed by atoms with Crippen molar-refractivity contribution < 1.29 is 14.6 Å². The molecule has 1 aromatic rings. The van der Waals surface area contributed by atoms with Gasteiger partial charge in [0.1, 0.15) is 5.76 Å². The number of benzene rings is 1. The molecule has 0 aromatic heterocycles. The molecule has 0 saturated carbocycles. The van der Waals surface area contributed by atoms with Crippen molar-refractivity contribution in [3.8, 4) is 0 Å².